The van der Waals surface area contributed by atoms with Crippen molar-refractivity contribution in [3.05, 3.63) is 29.3 Å². The van der Waals surface area contributed by atoms with Gasteiger partial charge in [-0.15, -0.1) is 0 Å². The molecule has 88 valence electrons. The van der Waals surface area contributed by atoms with Gasteiger partial charge < -0.3 is 9.47 Å². The van der Waals surface area contributed by atoms with Gasteiger partial charge in [0.2, 0.25) is 0 Å². The van der Waals surface area contributed by atoms with E-state index in [1.807, 2.05) is 12.1 Å². The lowest BCUT2D eigenvalue weighted by Gasteiger charge is -2.06. The molecule has 0 unspecified atom stereocenters. The minimum absolute atomic E-state index is 0.237. The number of benzene rings is 1. The van der Waals surface area contributed by atoms with Gasteiger partial charge >= 0.3 is 5.97 Å². The molecule has 0 aliphatic carbocycles. The molecule has 0 saturated carbocycles. The van der Waals surface area contributed by atoms with Crippen LogP contribution in [-0.2, 0) is 9.53 Å². The van der Waals surface area contributed by atoms with E-state index in [2.05, 4.69) is 0 Å². The second-order valence-corrected chi connectivity index (χ2v) is 3.79. The van der Waals surface area contributed by atoms with Crippen LogP contribution in [0.1, 0.15) is 19.8 Å². The SMILES string of the molecule is CC(=O)OCCCCOc1ccc(Cl)cc1. The largest absolute Gasteiger partial charge is 0.494 e. The molecule has 0 aromatic heterocycles. The predicted molar refractivity (Wildman–Crippen MR) is 62.8 cm³/mol. The second-order valence-electron chi connectivity index (χ2n) is 3.35. The highest BCUT2D eigenvalue weighted by Gasteiger charge is 1.95. The molecule has 0 aliphatic rings. The van der Waals surface area contributed by atoms with E-state index in [0.29, 0.717) is 18.2 Å². The number of ether oxygens (including phenoxy) is 2. The lowest BCUT2D eigenvalue weighted by atomic mass is 10.3. The molecule has 1 rings (SSSR count). The molecule has 0 heterocycles. The Morgan fingerprint density at radius 2 is 1.81 bits per heavy atom. The van der Waals surface area contributed by atoms with E-state index < -0.39 is 0 Å². The first-order valence-electron chi connectivity index (χ1n) is 5.20. The highest BCUT2D eigenvalue weighted by molar-refractivity contribution is 6.30. The van der Waals surface area contributed by atoms with Gasteiger partial charge in [0.25, 0.3) is 0 Å². The first kappa shape index (κ1) is 12.8. The Hall–Kier alpha value is -1.22. The molecule has 3 nitrogen and oxygen atoms in total. The standard InChI is InChI=1S/C12H15ClO3/c1-10(14)15-8-2-3-9-16-12-6-4-11(13)5-7-12/h4-7H,2-3,8-9H2,1H3. The number of carbonyl (C=O) groups is 1. The van der Waals surface area contributed by atoms with Gasteiger partial charge in [-0.25, -0.2) is 0 Å². The quantitative estimate of drug-likeness (QED) is 0.568. The van der Waals surface area contributed by atoms with Gasteiger partial charge in [0.1, 0.15) is 5.75 Å². The van der Waals surface area contributed by atoms with E-state index in [1.54, 1.807) is 12.1 Å². The lowest BCUT2D eigenvalue weighted by molar-refractivity contribution is -0.141. The molecule has 1 aromatic rings. The van der Waals surface area contributed by atoms with Gasteiger partial charge in [0.05, 0.1) is 13.2 Å². The van der Waals surface area contributed by atoms with Crippen molar-refractivity contribution in [3.63, 3.8) is 0 Å². The van der Waals surface area contributed by atoms with Crippen LogP contribution >= 0.6 is 11.6 Å². The molecule has 0 bridgehead atoms. The summed E-state index contributed by atoms with van der Waals surface area (Å²) in [5.74, 6) is 0.565. The van der Waals surface area contributed by atoms with Gasteiger partial charge in [-0.3, -0.25) is 4.79 Å². The number of halogens is 1. The Morgan fingerprint density at radius 3 is 2.44 bits per heavy atom. The first-order valence-corrected chi connectivity index (χ1v) is 5.58. The molecule has 1 aromatic carbocycles. The number of hydrogen-bond donors (Lipinski definition) is 0. The van der Waals surface area contributed by atoms with E-state index in [-0.39, 0.29) is 5.97 Å². The number of unbranched alkanes of at least 4 members (excludes halogenated alkanes) is 1. The molecule has 0 amide bonds. The molecule has 0 atom stereocenters. The Balaban J connectivity index is 2.07. The van der Waals surface area contributed by atoms with Crippen molar-refractivity contribution in [2.24, 2.45) is 0 Å². The van der Waals surface area contributed by atoms with Crippen molar-refractivity contribution in [1.82, 2.24) is 0 Å². The van der Waals surface area contributed by atoms with E-state index >= 15 is 0 Å². The number of hydrogen-bond acceptors (Lipinski definition) is 3. The molecular weight excluding hydrogens is 228 g/mol. The maximum Gasteiger partial charge on any atom is 0.302 e. The average molecular weight is 243 g/mol. The van der Waals surface area contributed by atoms with Crippen molar-refractivity contribution in [3.8, 4) is 5.75 Å². The second kappa shape index (κ2) is 7.12. The molecule has 0 aliphatic heterocycles. The third-order valence-electron chi connectivity index (χ3n) is 1.93. The van der Waals surface area contributed by atoms with Crippen molar-refractivity contribution >= 4 is 17.6 Å². The van der Waals surface area contributed by atoms with Crippen LogP contribution in [0.5, 0.6) is 5.75 Å². The van der Waals surface area contributed by atoms with Crippen LogP contribution in [0.25, 0.3) is 0 Å². The fourth-order valence-corrected chi connectivity index (χ4v) is 1.27. The third kappa shape index (κ3) is 5.61. The van der Waals surface area contributed by atoms with Gasteiger partial charge in [-0.05, 0) is 37.1 Å². The van der Waals surface area contributed by atoms with Crippen LogP contribution in [0.3, 0.4) is 0 Å². The Bertz CT molecular complexity index is 322. The summed E-state index contributed by atoms with van der Waals surface area (Å²) in [4.78, 5) is 10.5. The first-order chi connectivity index (χ1) is 7.68. The monoisotopic (exact) mass is 242 g/mol. The molecule has 0 fully saturated rings. The average Bonchev–Trinajstić information content (AvgIpc) is 2.25. The van der Waals surface area contributed by atoms with Crippen LogP contribution in [0.2, 0.25) is 5.02 Å². The number of esters is 1. The van der Waals surface area contributed by atoms with Crippen molar-refractivity contribution in [2.45, 2.75) is 19.8 Å². The Morgan fingerprint density at radius 1 is 1.19 bits per heavy atom. The summed E-state index contributed by atoms with van der Waals surface area (Å²) in [5.41, 5.74) is 0. The van der Waals surface area contributed by atoms with Gasteiger partial charge in [-0.1, -0.05) is 11.6 Å². The van der Waals surface area contributed by atoms with E-state index in [0.717, 1.165) is 18.6 Å². The summed E-state index contributed by atoms with van der Waals surface area (Å²) in [7, 11) is 0. The smallest absolute Gasteiger partial charge is 0.302 e. The minimum Gasteiger partial charge on any atom is -0.494 e. The highest BCUT2D eigenvalue weighted by Crippen LogP contribution is 2.15. The molecule has 0 radical (unpaired) electrons. The molecule has 0 N–H and O–H groups in total. The molecule has 0 saturated heterocycles. The van der Waals surface area contributed by atoms with Gasteiger partial charge in [-0.2, -0.15) is 0 Å². The van der Waals surface area contributed by atoms with Crippen LogP contribution in [0, 0.1) is 0 Å². The lowest BCUT2D eigenvalue weighted by Crippen LogP contribution is -2.03. The third-order valence-corrected chi connectivity index (χ3v) is 2.18. The summed E-state index contributed by atoms with van der Waals surface area (Å²) in [5, 5.41) is 0.696. The zero-order valence-electron chi connectivity index (χ0n) is 9.24. The summed E-state index contributed by atoms with van der Waals surface area (Å²) in [6.07, 6.45) is 1.67. The van der Waals surface area contributed by atoms with Crippen molar-refractivity contribution < 1.29 is 14.3 Å². The van der Waals surface area contributed by atoms with E-state index in [9.17, 15) is 4.79 Å². The van der Waals surface area contributed by atoms with Crippen LogP contribution < -0.4 is 4.74 Å². The molecule has 0 spiro atoms. The molecule has 4 heteroatoms. The maximum atomic E-state index is 10.5. The predicted octanol–water partition coefficient (Wildman–Crippen LogP) is 3.06. The van der Waals surface area contributed by atoms with Gasteiger partial charge in [0, 0.05) is 11.9 Å². The topological polar surface area (TPSA) is 35.5 Å². The zero-order valence-corrected chi connectivity index (χ0v) is 10.00. The van der Waals surface area contributed by atoms with E-state index in [4.69, 9.17) is 21.1 Å². The Kier molecular flexibility index (Phi) is 5.72. The van der Waals surface area contributed by atoms with Crippen molar-refractivity contribution in [2.75, 3.05) is 13.2 Å². The Labute approximate surface area is 100 Å². The minimum atomic E-state index is -0.237. The molecular formula is C12H15ClO3. The summed E-state index contributed by atoms with van der Waals surface area (Å²) < 4.78 is 10.3. The number of carbonyl (C=O) groups excluding carboxylic acids is 1. The van der Waals surface area contributed by atoms with Crippen molar-refractivity contribution in [1.29, 1.82) is 0 Å². The summed E-state index contributed by atoms with van der Waals surface area (Å²) >= 11 is 5.74. The van der Waals surface area contributed by atoms with Crippen LogP contribution in [-0.4, -0.2) is 19.2 Å². The fraction of sp³-hybridized carbons (Fsp3) is 0.417. The summed E-state index contributed by atoms with van der Waals surface area (Å²) in [6.45, 7) is 2.48. The highest BCUT2D eigenvalue weighted by atomic mass is 35.5. The molecule has 16 heavy (non-hydrogen) atoms. The van der Waals surface area contributed by atoms with Crippen LogP contribution in [0.15, 0.2) is 24.3 Å². The fourth-order valence-electron chi connectivity index (χ4n) is 1.14. The maximum absolute atomic E-state index is 10.5. The normalized spacial score (nSPS) is 9.88. The zero-order chi connectivity index (χ0) is 11.8. The number of rotatable bonds is 6. The summed E-state index contributed by atoms with van der Waals surface area (Å²) in [6, 6.07) is 7.23. The van der Waals surface area contributed by atoms with E-state index in [1.165, 1.54) is 6.92 Å². The van der Waals surface area contributed by atoms with Crippen LogP contribution in [0.4, 0.5) is 0 Å². The van der Waals surface area contributed by atoms with Gasteiger partial charge in [0.15, 0.2) is 0 Å².